The van der Waals surface area contributed by atoms with E-state index in [0.717, 1.165) is 13.8 Å². The van der Waals surface area contributed by atoms with Gasteiger partial charge < -0.3 is 39.4 Å². The molecule has 9 atom stereocenters. The second-order valence-corrected chi connectivity index (χ2v) is 12.7. The van der Waals surface area contributed by atoms with Crippen molar-refractivity contribution in [2.75, 3.05) is 13.2 Å². The van der Waals surface area contributed by atoms with Gasteiger partial charge in [-0.3, -0.25) is 14.4 Å². The Hall–Kier alpha value is -3.16. The van der Waals surface area contributed by atoms with Crippen molar-refractivity contribution >= 4 is 23.7 Å². The van der Waals surface area contributed by atoms with E-state index >= 15 is 0 Å². The number of carbonyl (C=O) groups is 4. The van der Waals surface area contributed by atoms with Gasteiger partial charge >= 0.3 is 17.9 Å². The molecule has 1 aliphatic heterocycles. The standard InChI is InChI=1S/C31H38O12/c1-15-19(35)12-30(28(4,5)39)22(15)23(41-16(2)33)25(37)29(13-32)20(36)11-21-31(14-40-21,43-17(3)34)24(29)26(30)42-27(38)18-9-7-6-8-10-18/h6-10,19-21,23-24,26,32,35-36,39H,11-14H2,1-5H3/t19-,20-,21+,23+,24-,26-,29+,30-,31-/m0/s1. The van der Waals surface area contributed by atoms with Crippen LogP contribution >= 0.6 is 0 Å². The third-order valence-electron chi connectivity index (χ3n) is 10.1. The zero-order valence-corrected chi connectivity index (χ0v) is 24.7. The lowest BCUT2D eigenvalue weighted by atomic mass is 9.49. The first kappa shape index (κ1) is 31.3. The molecule has 2 saturated carbocycles. The fourth-order valence-corrected chi connectivity index (χ4v) is 8.13. The highest BCUT2D eigenvalue weighted by Gasteiger charge is 2.80. The summed E-state index contributed by atoms with van der Waals surface area (Å²) in [5.74, 6) is -4.95. The molecule has 234 valence electrons. The van der Waals surface area contributed by atoms with Crippen LogP contribution < -0.4 is 0 Å². The Kier molecular flexibility index (Phi) is 7.62. The zero-order valence-electron chi connectivity index (χ0n) is 24.7. The van der Waals surface area contributed by atoms with Gasteiger partial charge in [0.05, 0.1) is 53.3 Å². The summed E-state index contributed by atoms with van der Waals surface area (Å²) in [4.78, 5) is 53.8. The normalized spacial score (nSPS) is 38.6. The molecule has 3 aliphatic carbocycles. The highest BCUT2D eigenvalue weighted by Crippen LogP contribution is 2.67. The summed E-state index contributed by atoms with van der Waals surface area (Å²) in [5.41, 5.74) is -7.35. The number of benzene rings is 1. The Labute approximate surface area is 248 Å². The average Bonchev–Trinajstić information content (AvgIpc) is 3.16. The van der Waals surface area contributed by atoms with Gasteiger partial charge in [-0.15, -0.1) is 0 Å². The summed E-state index contributed by atoms with van der Waals surface area (Å²) < 4.78 is 23.6. The molecular formula is C31H38O12. The molecule has 4 aliphatic rings. The van der Waals surface area contributed by atoms with Gasteiger partial charge in [-0.05, 0) is 50.5 Å². The Balaban J connectivity index is 1.90. The summed E-state index contributed by atoms with van der Waals surface area (Å²) in [5, 5.41) is 46.2. The number of carbonyl (C=O) groups excluding carboxylic acids is 4. The molecule has 43 heavy (non-hydrogen) atoms. The van der Waals surface area contributed by atoms with E-state index in [-0.39, 0.29) is 36.2 Å². The first-order valence-electron chi connectivity index (χ1n) is 14.3. The summed E-state index contributed by atoms with van der Waals surface area (Å²) in [6, 6.07) is 7.92. The van der Waals surface area contributed by atoms with Crippen molar-refractivity contribution in [1.29, 1.82) is 0 Å². The van der Waals surface area contributed by atoms with Gasteiger partial charge in [-0.25, -0.2) is 4.79 Å². The molecule has 4 N–H and O–H groups in total. The molecule has 0 amide bonds. The molecule has 3 fully saturated rings. The summed E-state index contributed by atoms with van der Waals surface area (Å²) >= 11 is 0. The fraction of sp³-hybridized carbons (Fsp3) is 0.613. The third kappa shape index (κ3) is 4.29. The number of ether oxygens (including phenoxy) is 4. The first-order chi connectivity index (χ1) is 20.1. The fourth-order valence-electron chi connectivity index (χ4n) is 8.13. The van der Waals surface area contributed by atoms with E-state index in [1.165, 1.54) is 32.9 Å². The maximum absolute atomic E-state index is 14.8. The molecule has 0 bridgehead atoms. The number of aliphatic hydroxyl groups excluding tert-OH is 3. The van der Waals surface area contributed by atoms with Crippen LogP contribution in [-0.4, -0.2) is 99.1 Å². The largest absolute Gasteiger partial charge is 0.457 e. The van der Waals surface area contributed by atoms with Gasteiger partial charge in [0.1, 0.15) is 12.2 Å². The molecule has 0 radical (unpaired) electrons. The van der Waals surface area contributed by atoms with Crippen molar-refractivity contribution in [1.82, 2.24) is 0 Å². The Bertz CT molecular complexity index is 1360. The van der Waals surface area contributed by atoms with Crippen molar-refractivity contribution in [3.8, 4) is 0 Å². The molecule has 0 spiro atoms. The number of fused-ring (bicyclic) bond motifs is 4. The van der Waals surface area contributed by atoms with Crippen molar-refractivity contribution < 1.29 is 58.6 Å². The van der Waals surface area contributed by atoms with Crippen LogP contribution in [0.3, 0.4) is 0 Å². The van der Waals surface area contributed by atoms with Gasteiger partial charge in [0.25, 0.3) is 0 Å². The predicted molar refractivity (Wildman–Crippen MR) is 146 cm³/mol. The van der Waals surface area contributed by atoms with Crippen LogP contribution in [0, 0.1) is 16.7 Å². The van der Waals surface area contributed by atoms with Crippen LogP contribution in [0.25, 0.3) is 0 Å². The Morgan fingerprint density at radius 3 is 2.23 bits per heavy atom. The Morgan fingerprint density at radius 1 is 1.07 bits per heavy atom. The van der Waals surface area contributed by atoms with Gasteiger partial charge in [-0.2, -0.15) is 0 Å². The summed E-state index contributed by atoms with van der Waals surface area (Å²) in [6.07, 6.45) is -7.81. The number of aliphatic hydroxyl groups is 4. The minimum absolute atomic E-state index is 0.00255. The van der Waals surface area contributed by atoms with Crippen LogP contribution in [0.5, 0.6) is 0 Å². The van der Waals surface area contributed by atoms with Crippen LogP contribution in [-0.2, 0) is 33.3 Å². The Morgan fingerprint density at radius 2 is 1.72 bits per heavy atom. The number of Topliss-reactive ketones (excluding diaryl/α,β-unsaturated/α-hetero) is 1. The molecule has 1 saturated heterocycles. The zero-order chi connectivity index (χ0) is 31.7. The number of esters is 3. The number of rotatable bonds is 6. The van der Waals surface area contributed by atoms with E-state index in [9.17, 15) is 39.6 Å². The minimum atomic E-state index is -2.22. The third-order valence-corrected chi connectivity index (χ3v) is 10.1. The van der Waals surface area contributed by atoms with E-state index in [2.05, 4.69) is 0 Å². The van der Waals surface area contributed by atoms with Crippen molar-refractivity contribution in [2.45, 2.75) is 89.2 Å². The lowest BCUT2D eigenvalue weighted by Crippen LogP contribution is -2.79. The topological polar surface area (TPSA) is 186 Å². The molecule has 0 unspecified atom stereocenters. The second kappa shape index (κ2) is 10.5. The number of hydrogen-bond donors (Lipinski definition) is 4. The monoisotopic (exact) mass is 602 g/mol. The van der Waals surface area contributed by atoms with Gasteiger partial charge in [0, 0.05) is 20.3 Å². The molecule has 5 rings (SSSR count). The quantitative estimate of drug-likeness (QED) is 0.202. The van der Waals surface area contributed by atoms with Crippen LogP contribution in [0.15, 0.2) is 41.5 Å². The van der Waals surface area contributed by atoms with E-state index < -0.39 is 88.8 Å². The predicted octanol–water partition coefficient (Wildman–Crippen LogP) is 0.625. The SMILES string of the molecule is CC(=O)O[C@H]1C(=O)[C@@]2(CO)[C@H]([C@H](OC(=O)c3ccccc3)[C@]3(C(C)(C)O)C[C@H](O)C(C)=C13)[C@]1(OC(C)=O)CO[C@@H]1C[C@@H]2O. The van der Waals surface area contributed by atoms with Gasteiger partial charge in [0.2, 0.25) is 0 Å². The maximum Gasteiger partial charge on any atom is 0.338 e. The van der Waals surface area contributed by atoms with Gasteiger partial charge in [0.15, 0.2) is 17.5 Å². The van der Waals surface area contributed by atoms with E-state index in [1.807, 2.05) is 0 Å². The van der Waals surface area contributed by atoms with Gasteiger partial charge in [-0.1, -0.05) is 18.2 Å². The van der Waals surface area contributed by atoms with E-state index in [4.69, 9.17) is 18.9 Å². The smallest absolute Gasteiger partial charge is 0.338 e. The molecule has 1 heterocycles. The highest BCUT2D eigenvalue weighted by atomic mass is 16.6. The highest BCUT2D eigenvalue weighted by molar-refractivity contribution is 5.96. The van der Waals surface area contributed by atoms with E-state index in [0.29, 0.717) is 0 Å². The molecule has 12 heteroatoms. The van der Waals surface area contributed by atoms with Crippen molar-refractivity contribution in [2.24, 2.45) is 16.7 Å². The maximum atomic E-state index is 14.8. The molecule has 1 aromatic carbocycles. The number of hydrogen-bond acceptors (Lipinski definition) is 12. The molecular weight excluding hydrogens is 564 g/mol. The average molecular weight is 603 g/mol. The summed E-state index contributed by atoms with van der Waals surface area (Å²) in [7, 11) is 0. The van der Waals surface area contributed by atoms with Crippen LogP contribution in [0.1, 0.15) is 57.8 Å². The van der Waals surface area contributed by atoms with E-state index in [1.54, 1.807) is 18.2 Å². The van der Waals surface area contributed by atoms with Crippen molar-refractivity contribution in [3.63, 3.8) is 0 Å². The second-order valence-electron chi connectivity index (χ2n) is 12.7. The summed E-state index contributed by atoms with van der Waals surface area (Å²) in [6.45, 7) is 5.29. The van der Waals surface area contributed by atoms with Crippen LogP contribution in [0.4, 0.5) is 0 Å². The molecule has 12 nitrogen and oxygen atoms in total. The van der Waals surface area contributed by atoms with Crippen molar-refractivity contribution in [3.05, 3.63) is 47.0 Å². The van der Waals surface area contributed by atoms with Crippen LogP contribution in [0.2, 0.25) is 0 Å². The first-order valence-corrected chi connectivity index (χ1v) is 14.3. The lowest BCUT2D eigenvalue weighted by Gasteiger charge is -2.64. The number of ketones is 1. The molecule has 0 aromatic heterocycles. The lowest BCUT2D eigenvalue weighted by molar-refractivity contribution is -0.341. The molecule has 1 aromatic rings. The minimum Gasteiger partial charge on any atom is -0.457 e.